The normalized spacial score (nSPS) is 20.6. The molecule has 0 radical (unpaired) electrons. The zero-order valence-electron chi connectivity index (χ0n) is 11.5. The lowest BCUT2D eigenvalue weighted by molar-refractivity contribution is 0.582. The van der Waals surface area contributed by atoms with Gasteiger partial charge in [-0.05, 0) is 30.0 Å². The molecule has 0 amide bonds. The first kappa shape index (κ1) is 12.4. The number of hydrogen-bond acceptors (Lipinski definition) is 2. The number of nitrogens with one attached hydrogen (secondary N) is 1. The fraction of sp³-hybridized carbons (Fsp3) is 0.600. The van der Waals surface area contributed by atoms with Gasteiger partial charge in [-0.2, -0.15) is 0 Å². The maximum Gasteiger partial charge on any atom is 0.0423 e. The van der Waals surface area contributed by atoms with Crippen molar-refractivity contribution in [2.24, 2.45) is 0 Å². The summed E-state index contributed by atoms with van der Waals surface area (Å²) < 4.78 is 0. The highest BCUT2D eigenvalue weighted by Crippen LogP contribution is 2.32. The highest BCUT2D eigenvalue weighted by molar-refractivity contribution is 5.56. The van der Waals surface area contributed by atoms with Gasteiger partial charge in [-0.25, -0.2) is 0 Å². The van der Waals surface area contributed by atoms with Gasteiger partial charge in [-0.3, -0.25) is 0 Å². The number of para-hydroxylation sites is 1. The van der Waals surface area contributed by atoms with Gasteiger partial charge in [0.15, 0.2) is 0 Å². The van der Waals surface area contributed by atoms with E-state index in [9.17, 15) is 0 Å². The monoisotopic (exact) mass is 232 g/mol. The van der Waals surface area contributed by atoms with E-state index in [1.807, 2.05) is 0 Å². The molecule has 0 saturated carbocycles. The molecule has 1 unspecified atom stereocenters. The van der Waals surface area contributed by atoms with Crippen molar-refractivity contribution in [1.29, 1.82) is 0 Å². The van der Waals surface area contributed by atoms with Crippen molar-refractivity contribution in [1.82, 2.24) is 5.32 Å². The van der Waals surface area contributed by atoms with Crippen LogP contribution in [0.1, 0.15) is 32.8 Å². The van der Waals surface area contributed by atoms with Crippen LogP contribution in [-0.4, -0.2) is 26.2 Å². The maximum absolute atomic E-state index is 3.44. The fourth-order valence-corrected chi connectivity index (χ4v) is 2.58. The molecule has 17 heavy (non-hydrogen) atoms. The minimum atomic E-state index is 0.205. The van der Waals surface area contributed by atoms with Gasteiger partial charge in [0.25, 0.3) is 0 Å². The summed E-state index contributed by atoms with van der Waals surface area (Å²) in [7, 11) is 2.22. The summed E-state index contributed by atoms with van der Waals surface area (Å²) in [4.78, 5) is 2.45. The molecule has 1 aromatic rings. The molecule has 0 bridgehead atoms. The van der Waals surface area contributed by atoms with Crippen LogP contribution >= 0.6 is 0 Å². The molecule has 1 fully saturated rings. The van der Waals surface area contributed by atoms with E-state index in [-0.39, 0.29) is 5.41 Å². The highest BCUT2D eigenvalue weighted by atomic mass is 15.2. The Balaban J connectivity index is 2.31. The third-order valence-electron chi connectivity index (χ3n) is 3.67. The van der Waals surface area contributed by atoms with Crippen LogP contribution in [0.5, 0.6) is 0 Å². The fourth-order valence-electron chi connectivity index (χ4n) is 2.58. The van der Waals surface area contributed by atoms with Crippen LogP contribution < -0.4 is 10.2 Å². The molecule has 2 heteroatoms. The molecule has 0 aromatic heterocycles. The minimum absolute atomic E-state index is 0.205. The van der Waals surface area contributed by atoms with Gasteiger partial charge in [-0.15, -0.1) is 0 Å². The van der Waals surface area contributed by atoms with Gasteiger partial charge in [-0.1, -0.05) is 39.0 Å². The van der Waals surface area contributed by atoms with Crippen LogP contribution in [0.4, 0.5) is 5.69 Å². The van der Waals surface area contributed by atoms with E-state index in [2.05, 4.69) is 62.3 Å². The summed E-state index contributed by atoms with van der Waals surface area (Å²) >= 11 is 0. The third-order valence-corrected chi connectivity index (χ3v) is 3.67. The molecule has 1 aliphatic heterocycles. The molecule has 94 valence electrons. The van der Waals surface area contributed by atoms with E-state index in [0.717, 1.165) is 13.1 Å². The van der Waals surface area contributed by atoms with Gasteiger partial charge >= 0.3 is 0 Å². The van der Waals surface area contributed by atoms with Crippen LogP contribution in [0.2, 0.25) is 0 Å². The maximum atomic E-state index is 3.44. The Labute approximate surface area is 105 Å². The smallest absolute Gasteiger partial charge is 0.0423 e. The quantitative estimate of drug-likeness (QED) is 0.843. The van der Waals surface area contributed by atoms with Crippen LogP contribution in [-0.2, 0) is 5.41 Å². The summed E-state index contributed by atoms with van der Waals surface area (Å²) in [5.41, 5.74) is 3.03. The van der Waals surface area contributed by atoms with Crippen molar-refractivity contribution in [3.05, 3.63) is 29.8 Å². The topological polar surface area (TPSA) is 15.3 Å². The molecular weight excluding hydrogens is 208 g/mol. The van der Waals surface area contributed by atoms with Gasteiger partial charge in [0.05, 0.1) is 0 Å². The Bertz CT molecular complexity index is 373. The van der Waals surface area contributed by atoms with Crippen molar-refractivity contribution < 1.29 is 0 Å². The second kappa shape index (κ2) is 4.69. The summed E-state index contributed by atoms with van der Waals surface area (Å²) in [6, 6.07) is 9.43. The molecule has 1 atom stereocenters. The Morgan fingerprint density at radius 3 is 2.53 bits per heavy atom. The number of nitrogens with zero attached hydrogens (tertiary/aromatic N) is 1. The van der Waals surface area contributed by atoms with Gasteiger partial charge < -0.3 is 10.2 Å². The molecule has 0 aliphatic carbocycles. The Morgan fingerprint density at radius 2 is 1.94 bits per heavy atom. The zero-order valence-corrected chi connectivity index (χ0v) is 11.5. The highest BCUT2D eigenvalue weighted by Gasteiger charge is 2.24. The first-order valence-corrected chi connectivity index (χ1v) is 6.53. The van der Waals surface area contributed by atoms with Crippen molar-refractivity contribution >= 4 is 5.69 Å². The predicted molar refractivity (Wildman–Crippen MR) is 74.8 cm³/mol. The van der Waals surface area contributed by atoms with Crippen molar-refractivity contribution in [3.8, 4) is 0 Å². The van der Waals surface area contributed by atoms with E-state index < -0.39 is 0 Å². The van der Waals surface area contributed by atoms with E-state index in [1.54, 1.807) is 0 Å². The largest absolute Gasteiger partial charge is 0.370 e. The average molecular weight is 232 g/mol. The lowest BCUT2D eigenvalue weighted by atomic mass is 9.85. The molecule has 1 saturated heterocycles. The molecule has 2 rings (SSSR count). The number of likely N-dealkylation sites (N-methyl/N-ethyl adjacent to an activating group) is 1. The molecule has 2 nitrogen and oxygen atoms in total. The van der Waals surface area contributed by atoms with Crippen molar-refractivity contribution in [2.75, 3.05) is 25.0 Å². The summed E-state index contributed by atoms with van der Waals surface area (Å²) in [5.74, 6) is 0. The summed E-state index contributed by atoms with van der Waals surface area (Å²) in [5, 5.41) is 3.44. The Hall–Kier alpha value is -1.02. The van der Waals surface area contributed by atoms with Gasteiger partial charge in [0, 0.05) is 25.3 Å². The van der Waals surface area contributed by atoms with Crippen molar-refractivity contribution in [3.63, 3.8) is 0 Å². The molecule has 1 aromatic carbocycles. The number of benzene rings is 1. The second-order valence-electron chi connectivity index (χ2n) is 6.02. The minimum Gasteiger partial charge on any atom is -0.370 e. The van der Waals surface area contributed by atoms with Crippen molar-refractivity contribution in [2.45, 2.75) is 38.6 Å². The first-order valence-electron chi connectivity index (χ1n) is 6.53. The molecular formula is C15H24N2. The van der Waals surface area contributed by atoms with Gasteiger partial charge in [0.2, 0.25) is 0 Å². The lowest BCUT2D eigenvalue weighted by Crippen LogP contribution is -2.35. The van der Waals surface area contributed by atoms with E-state index in [4.69, 9.17) is 0 Å². The van der Waals surface area contributed by atoms with E-state index >= 15 is 0 Å². The van der Waals surface area contributed by atoms with Crippen LogP contribution in [0.3, 0.4) is 0 Å². The Kier molecular flexibility index (Phi) is 3.43. The zero-order chi connectivity index (χ0) is 12.5. The average Bonchev–Trinajstić information content (AvgIpc) is 2.80. The summed E-state index contributed by atoms with van der Waals surface area (Å²) in [6.07, 6.45) is 1.25. The van der Waals surface area contributed by atoms with Crippen LogP contribution in [0.25, 0.3) is 0 Å². The van der Waals surface area contributed by atoms with Gasteiger partial charge in [0.1, 0.15) is 0 Å². The first-order chi connectivity index (χ1) is 8.00. The lowest BCUT2D eigenvalue weighted by Gasteiger charge is -2.32. The van der Waals surface area contributed by atoms with E-state index in [1.165, 1.54) is 17.7 Å². The third kappa shape index (κ3) is 2.63. The predicted octanol–water partition coefficient (Wildman–Crippen LogP) is 2.78. The number of anilines is 1. The van der Waals surface area contributed by atoms with Crippen LogP contribution in [0, 0.1) is 0 Å². The molecule has 0 spiro atoms. The molecule has 1 aliphatic rings. The molecule has 1 heterocycles. The summed E-state index contributed by atoms with van der Waals surface area (Å²) in [6.45, 7) is 9.10. The van der Waals surface area contributed by atoms with Crippen LogP contribution in [0.15, 0.2) is 24.3 Å². The number of hydrogen-bond donors (Lipinski definition) is 1. The molecule has 1 N–H and O–H groups in total. The Morgan fingerprint density at radius 1 is 1.24 bits per heavy atom. The second-order valence-corrected chi connectivity index (χ2v) is 6.02. The standard InChI is InChI=1S/C15H24N2/c1-15(2,3)13-7-5-6-8-14(13)17(4)12-9-10-16-11-12/h5-8,12,16H,9-11H2,1-4H3. The number of rotatable bonds is 2. The van der Waals surface area contributed by atoms with E-state index in [0.29, 0.717) is 6.04 Å². The SMILES string of the molecule is CN(c1ccccc1C(C)(C)C)C1CCNC1.